The van der Waals surface area contributed by atoms with E-state index in [1.165, 1.54) is 19.1 Å². The summed E-state index contributed by atoms with van der Waals surface area (Å²) in [5.74, 6) is -0.0495. The summed E-state index contributed by atoms with van der Waals surface area (Å²) in [4.78, 5) is 21.0. The van der Waals surface area contributed by atoms with Gasteiger partial charge >= 0.3 is 0 Å². The van der Waals surface area contributed by atoms with Crippen LogP contribution in [-0.2, 0) is 9.53 Å². The van der Waals surface area contributed by atoms with Crippen molar-refractivity contribution in [3.05, 3.63) is 39.9 Å². The van der Waals surface area contributed by atoms with Crippen LogP contribution in [0.3, 0.4) is 0 Å². The third-order valence-corrected chi connectivity index (χ3v) is 2.30. The number of ether oxygens (including phenoxy) is 1. The Morgan fingerprint density at radius 3 is 2.80 bits per heavy atom. The molecule has 1 fully saturated rings. The molecule has 0 radical (unpaired) electrons. The van der Waals surface area contributed by atoms with Crippen molar-refractivity contribution in [3.8, 4) is 0 Å². The number of hydrogen-bond donors (Lipinski definition) is 0. The Labute approximate surface area is 85.8 Å². The zero-order valence-electron chi connectivity index (χ0n) is 8.04. The molecule has 5 heteroatoms. The van der Waals surface area contributed by atoms with E-state index in [4.69, 9.17) is 4.74 Å². The van der Waals surface area contributed by atoms with Gasteiger partial charge in [-0.25, -0.2) is 0 Å². The fourth-order valence-corrected chi connectivity index (χ4v) is 1.49. The molecule has 1 saturated heterocycles. The van der Waals surface area contributed by atoms with Gasteiger partial charge in [0.05, 0.1) is 4.92 Å². The number of Topliss-reactive ketones (excluding diaryl/α,β-unsaturated/α-hetero) is 1. The van der Waals surface area contributed by atoms with Crippen LogP contribution in [0.25, 0.3) is 0 Å². The molecule has 1 aliphatic heterocycles. The van der Waals surface area contributed by atoms with E-state index in [1.54, 1.807) is 12.1 Å². The third-order valence-electron chi connectivity index (χ3n) is 2.30. The molecule has 1 heterocycles. The molecule has 2 rings (SSSR count). The second-order valence-corrected chi connectivity index (χ2v) is 3.44. The number of benzene rings is 1. The molecule has 1 aromatic carbocycles. The summed E-state index contributed by atoms with van der Waals surface area (Å²) in [6.07, 6.45) is -0.727. The van der Waals surface area contributed by atoms with Gasteiger partial charge in [0.2, 0.25) is 0 Å². The Morgan fingerprint density at radius 2 is 2.27 bits per heavy atom. The number of non-ortho nitro benzene ring substituents is 1. The lowest BCUT2D eigenvalue weighted by atomic mass is 10.1. The van der Waals surface area contributed by atoms with Crippen LogP contribution in [0.5, 0.6) is 0 Å². The van der Waals surface area contributed by atoms with Crippen molar-refractivity contribution < 1.29 is 14.5 Å². The SMILES string of the molecule is CC(=O)[C@@H]1O[C@H]1c1cccc([N+](=O)[O-])c1. The monoisotopic (exact) mass is 207 g/mol. The van der Waals surface area contributed by atoms with Gasteiger partial charge in [0.1, 0.15) is 12.2 Å². The lowest BCUT2D eigenvalue weighted by Gasteiger charge is -1.95. The van der Waals surface area contributed by atoms with Gasteiger partial charge in [0.15, 0.2) is 5.78 Å². The van der Waals surface area contributed by atoms with Crippen molar-refractivity contribution in [2.75, 3.05) is 0 Å². The molecule has 78 valence electrons. The summed E-state index contributed by atoms with van der Waals surface area (Å²) in [5, 5.41) is 10.5. The number of rotatable bonds is 3. The summed E-state index contributed by atoms with van der Waals surface area (Å²) in [6.45, 7) is 1.45. The smallest absolute Gasteiger partial charge is 0.269 e. The molecule has 1 aromatic rings. The first-order valence-corrected chi connectivity index (χ1v) is 4.50. The van der Waals surface area contributed by atoms with Crippen LogP contribution >= 0.6 is 0 Å². The molecule has 0 bridgehead atoms. The number of nitro benzene ring substituents is 1. The first kappa shape index (κ1) is 9.79. The number of carbonyl (C=O) groups is 1. The molecule has 0 N–H and O–H groups in total. The van der Waals surface area contributed by atoms with E-state index in [0.29, 0.717) is 5.56 Å². The normalized spacial score (nSPS) is 23.5. The van der Waals surface area contributed by atoms with E-state index in [0.717, 1.165) is 0 Å². The molecular formula is C10H9NO4. The standard InChI is InChI=1S/C10H9NO4/c1-6(12)9-10(15-9)7-3-2-4-8(5-7)11(13)14/h2-5,9-10H,1H3/t9-,10-/m0/s1. The summed E-state index contributed by atoms with van der Waals surface area (Å²) < 4.78 is 5.13. The van der Waals surface area contributed by atoms with Crippen molar-refractivity contribution in [3.63, 3.8) is 0 Å². The number of hydrogen-bond acceptors (Lipinski definition) is 4. The number of carbonyl (C=O) groups excluding carboxylic acids is 1. The minimum absolute atomic E-state index is 0.0188. The Kier molecular flexibility index (Phi) is 2.24. The summed E-state index contributed by atoms with van der Waals surface area (Å²) in [6, 6.07) is 6.16. The highest BCUT2D eigenvalue weighted by molar-refractivity contribution is 5.83. The summed E-state index contributed by atoms with van der Waals surface area (Å²) in [7, 11) is 0. The van der Waals surface area contributed by atoms with Gasteiger partial charge in [-0.1, -0.05) is 12.1 Å². The molecule has 15 heavy (non-hydrogen) atoms. The summed E-state index contributed by atoms with van der Waals surface area (Å²) >= 11 is 0. The predicted octanol–water partition coefficient (Wildman–Crippen LogP) is 1.62. The van der Waals surface area contributed by atoms with Crippen molar-refractivity contribution in [2.24, 2.45) is 0 Å². The maximum Gasteiger partial charge on any atom is 0.269 e. The highest BCUT2D eigenvalue weighted by Crippen LogP contribution is 2.39. The van der Waals surface area contributed by atoms with Crippen LogP contribution < -0.4 is 0 Å². The molecule has 0 saturated carbocycles. The van der Waals surface area contributed by atoms with Gasteiger partial charge in [-0.3, -0.25) is 14.9 Å². The minimum atomic E-state index is -0.464. The molecule has 1 aliphatic rings. The molecule has 0 unspecified atom stereocenters. The topological polar surface area (TPSA) is 72.7 Å². The lowest BCUT2D eigenvalue weighted by Crippen LogP contribution is -2.01. The maximum absolute atomic E-state index is 10.9. The van der Waals surface area contributed by atoms with Gasteiger partial charge in [-0.05, 0) is 12.5 Å². The Hall–Kier alpha value is -1.75. The Balaban J connectivity index is 2.20. The van der Waals surface area contributed by atoms with E-state index in [2.05, 4.69) is 0 Å². The highest BCUT2D eigenvalue weighted by atomic mass is 16.6. The average molecular weight is 207 g/mol. The fourth-order valence-electron chi connectivity index (χ4n) is 1.49. The highest BCUT2D eigenvalue weighted by Gasteiger charge is 2.44. The quantitative estimate of drug-likeness (QED) is 0.429. The van der Waals surface area contributed by atoms with Crippen LogP contribution in [0, 0.1) is 10.1 Å². The maximum atomic E-state index is 10.9. The molecule has 2 atom stereocenters. The second kappa shape index (κ2) is 3.43. The number of nitrogens with zero attached hydrogens (tertiary/aromatic N) is 1. The van der Waals surface area contributed by atoms with Gasteiger partial charge in [-0.2, -0.15) is 0 Å². The molecule has 0 spiro atoms. The zero-order valence-corrected chi connectivity index (χ0v) is 8.04. The molecule has 0 amide bonds. The first-order valence-electron chi connectivity index (χ1n) is 4.50. The molecule has 5 nitrogen and oxygen atoms in total. The van der Waals surface area contributed by atoms with Crippen molar-refractivity contribution in [2.45, 2.75) is 19.1 Å². The lowest BCUT2D eigenvalue weighted by molar-refractivity contribution is -0.384. The number of epoxide rings is 1. The van der Waals surface area contributed by atoms with Gasteiger partial charge in [0, 0.05) is 12.1 Å². The van der Waals surface area contributed by atoms with Crippen LogP contribution in [0.2, 0.25) is 0 Å². The van der Waals surface area contributed by atoms with Crippen LogP contribution in [0.4, 0.5) is 5.69 Å². The second-order valence-electron chi connectivity index (χ2n) is 3.44. The van der Waals surface area contributed by atoms with Crippen molar-refractivity contribution in [1.82, 2.24) is 0 Å². The molecule has 0 aromatic heterocycles. The Bertz CT molecular complexity index is 429. The van der Waals surface area contributed by atoms with E-state index in [1.807, 2.05) is 0 Å². The van der Waals surface area contributed by atoms with Crippen LogP contribution in [-0.4, -0.2) is 16.8 Å². The van der Waals surface area contributed by atoms with Crippen LogP contribution in [0.1, 0.15) is 18.6 Å². The van der Waals surface area contributed by atoms with Gasteiger partial charge < -0.3 is 4.74 Å². The number of nitro groups is 1. The minimum Gasteiger partial charge on any atom is -0.356 e. The molecular weight excluding hydrogens is 198 g/mol. The zero-order chi connectivity index (χ0) is 11.0. The fraction of sp³-hybridized carbons (Fsp3) is 0.300. The van der Waals surface area contributed by atoms with Crippen molar-refractivity contribution in [1.29, 1.82) is 0 Å². The summed E-state index contributed by atoms with van der Waals surface area (Å²) in [5.41, 5.74) is 0.703. The van der Waals surface area contributed by atoms with E-state index in [-0.39, 0.29) is 17.6 Å². The van der Waals surface area contributed by atoms with Gasteiger partial charge in [-0.15, -0.1) is 0 Å². The van der Waals surface area contributed by atoms with E-state index < -0.39 is 11.0 Å². The van der Waals surface area contributed by atoms with Crippen LogP contribution in [0.15, 0.2) is 24.3 Å². The first-order chi connectivity index (χ1) is 7.09. The third kappa shape index (κ3) is 1.87. The van der Waals surface area contributed by atoms with E-state index in [9.17, 15) is 14.9 Å². The predicted molar refractivity (Wildman–Crippen MR) is 51.4 cm³/mol. The van der Waals surface area contributed by atoms with E-state index >= 15 is 0 Å². The Morgan fingerprint density at radius 1 is 1.53 bits per heavy atom. The largest absolute Gasteiger partial charge is 0.356 e. The van der Waals surface area contributed by atoms with Crippen molar-refractivity contribution >= 4 is 11.5 Å². The molecule has 0 aliphatic carbocycles. The average Bonchev–Trinajstić information content (AvgIpc) is 2.97. The van der Waals surface area contributed by atoms with Gasteiger partial charge in [0.25, 0.3) is 5.69 Å². The number of ketones is 1.